The average Bonchev–Trinajstić information content (AvgIpc) is 2.40. The summed E-state index contributed by atoms with van der Waals surface area (Å²) in [5, 5.41) is 8.20. The summed E-state index contributed by atoms with van der Waals surface area (Å²) in [6.45, 7) is -0.492. The fourth-order valence-corrected chi connectivity index (χ4v) is 0.647. The van der Waals surface area contributed by atoms with Crippen molar-refractivity contribution in [2.24, 2.45) is 0 Å². The van der Waals surface area contributed by atoms with E-state index < -0.39 is 12.8 Å². The fourth-order valence-electron chi connectivity index (χ4n) is 0.647. The normalized spacial score (nSPS) is 8.75. The van der Waals surface area contributed by atoms with E-state index in [1.165, 1.54) is 6.33 Å². The Morgan fingerprint density at radius 1 is 1.75 bits per heavy atom. The molecular formula is C6H9N2NaO3. The first-order valence-corrected chi connectivity index (χ1v) is 3.05. The largest absolute Gasteiger partial charge is 1.00 e. The van der Waals surface area contributed by atoms with E-state index in [1.54, 1.807) is 17.0 Å². The van der Waals surface area contributed by atoms with Crippen LogP contribution in [-0.4, -0.2) is 27.4 Å². The molecule has 0 aliphatic rings. The second-order valence-electron chi connectivity index (χ2n) is 1.88. The number of aliphatic hydroxyl groups is 1. The molecule has 0 saturated heterocycles. The first kappa shape index (κ1) is 11.6. The molecule has 1 heterocycles. The third-order valence-corrected chi connectivity index (χ3v) is 1.10. The average molecular weight is 180 g/mol. The second kappa shape index (κ2) is 6.19. The number of carbonyl (C=O) groups is 1. The van der Waals surface area contributed by atoms with Crippen LogP contribution in [0, 0.1) is 0 Å². The maximum Gasteiger partial charge on any atom is 1.00 e. The van der Waals surface area contributed by atoms with Gasteiger partial charge in [0.2, 0.25) is 0 Å². The van der Waals surface area contributed by atoms with Gasteiger partial charge in [0.05, 0.1) is 6.33 Å². The summed E-state index contributed by atoms with van der Waals surface area (Å²) in [4.78, 5) is 14.4. The number of hydrogen-bond acceptors (Lipinski definition) is 4. The van der Waals surface area contributed by atoms with Gasteiger partial charge in [-0.05, 0) is 0 Å². The van der Waals surface area contributed by atoms with E-state index in [4.69, 9.17) is 5.11 Å². The number of aliphatic hydroxyl groups excluding tert-OH is 1. The van der Waals surface area contributed by atoms with Crippen molar-refractivity contribution in [1.82, 2.24) is 9.55 Å². The molecule has 1 N–H and O–H groups in total. The van der Waals surface area contributed by atoms with E-state index >= 15 is 0 Å². The van der Waals surface area contributed by atoms with E-state index in [-0.39, 0.29) is 37.5 Å². The van der Waals surface area contributed by atoms with Crippen LogP contribution >= 0.6 is 0 Å². The van der Waals surface area contributed by atoms with Crippen molar-refractivity contribution in [1.29, 1.82) is 0 Å². The number of aromatic nitrogens is 2. The predicted octanol–water partition coefficient (Wildman–Crippen LogP) is -3.51. The Morgan fingerprint density at radius 3 is 3.00 bits per heavy atom. The summed E-state index contributed by atoms with van der Waals surface area (Å²) in [6, 6.07) is 0. The van der Waals surface area contributed by atoms with Crippen molar-refractivity contribution < 1.29 is 45.6 Å². The van der Waals surface area contributed by atoms with Gasteiger partial charge >= 0.3 is 35.5 Å². The van der Waals surface area contributed by atoms with Gasteiger partial charge in [0.1, 0.15) is 6.54 Å². The van der Waals surface area contributed by atoms with Gasteiger partial charge < -0.3 is 15.8 Å². The zero-order valence-corrected chi connectivity index (χ0v) is 8.80. The molecule has 0 unspecified atom stereocenters. The monoisotopic (exact) mass is 180 g/mol. The van der Waals surface area contributed by atoms with Crippen LogP contribution in [0.1, 0.15) is 1.43 Å². The third kappa shape index (κ3) is 3.87. The van der Waals surface area contributed by atoms with E-state index in [0.29, 0.717) is 0 Å². The van der Waals surface area contributed by atoms with E-state index in [1.807, 2.05) is 0 Å². The van der Waals surface area contributed by atoms with Gasteiger partial charge in [-0.2, -0.15) is 0 Å². The molecule has 1 rings (SSSR count). The number of imidazole rings is 1. The van der Waals surface area contributed by atoms with Gasteiger partial charge in [0.15, 0.2) is 6.79 Å². The maximum atomic E-state index is 10.7. The minimum atomic E-state index is -0.576. The van der Waals surface area contributed by atoms with Gasteiger partial charge in [-0.3, -0.25) is 4.79 Å². The van der Waals surface area contributed by atoms with Crippen molar-refractivity contribution in [3.8, 4) is 0 Å². The fraction of sp³-hybridized carbons (Fsp3) is 0.333. The number of esters is 1. The van der Waals surface area contributed by atoms with Crippen molar-refractivity contribution in [3.05, 3.63) is 18.7 Å². The minimum absolute atomic E-state index is 0. The van der Waals surface area contributed by atoms with Crippen LogP contribution in [0.4, 0.5) is 0 Å². The third-order valence-electron chi connectivity index (χ3n) is 1.10. The summed E-state index contributed by atoms with van der Waals surface area (Å²) in [5.74, 6) is -0.481. The standard InChI is InChI=1S/C6H8N2O3.Na.H/c9-5-11-6(10)3-8-2-1-7-4-8;;/h1-2,4,9H,3,5H2;;/q;+1;-1. The molecule has 6 heteroatoms. The topological polar surface area (TPSA) is 64.4 Å². The molecule has 62 valence electrons. The molecule has 0 saturated carbocycles. The Balaban J connectivity index is 0. The van der Waals surface area contributed by atoms with Crippen LogP contribution in [0.5, 0.6) is 0 Å². The predicted molar refractivity (Wildman–Crippen MR) is 36.5 cm³/mol. The molecule has 0 fully saturated rings. The zero-order chi connectivity index (χ0) is 8.10. The molecular weight excluding hydrogens is 171 g/mol. The van der Waals surface area contributed by atoms with Gasteiger partial charge in [-0.25, -0.2) is 4.98 Å². The van der Waals surface area contributed by atoms with Crippen LogP contribution in [0.25, 0.3) is 0 Å². The molecule has 0 spiro atoms. The molecule has 0 bridgehead atoms. The molecule has 0 atom stereocenters. The molecule has 1 aromatic heterocycles. The van der Waals surface area contributed by atoms with Gasteiger partial charge in [0, 0.05) is 12.4 Å². The molecule has 1 aromatic rings. The summed E-state index contributed by atoms with van der Waals surface area (Å²) in [7, 11) is 0. The number of ether oxygens (including phenoxy) is 1. The summed E-state index contributed by atoms with van der Waals surface area (Å²) in [5.41, 5.74) is 0. The zero-order valence-electron chi connectivity index (χ0n) is 7.80. The molecule has 5 nitrogen and oxygen atoms in total. The quantitative estimate of drug-likeness (QED) is 0.298. The van der Waals surface area contributed by atoms with Crippen LogP contribution in [0.15, 0.2) is 18.7 Å². The second-order valence-corrected chi connectivity index (χ2v) is 1.88. The maximum absolute atomic E-state index is 10.7. The first-order valence-electron chi connectivity index (χ1n) is 3.05. The minimum Gasteiger partial charge on any atom is -1.00 e. The number of hydrogen-bond donors (Lipinski definition) is 1. The number of rotatable bonds is 3. The Labute approximate surface area is 93.1 Å². The van der Waals surface area contributed by atoms with Crippen molar-refractivity contribution in [2.75, 3.05) is 6.79 Å². The molecule has 0 aliphatic heterocycles. The number of nitrogens with zero attached hydrogens (tertiary/aromatic N) is 2. The van der Waals surface area contributed by atoms with Gasteiger partial charge in [-0.15, -0.1) is 0 Å². The summed E-state index contributed by atoms with van der Waals surface area (Å²) < 4.78 is 5.84. The van der Waals surface area contributed by atoms with Crippen molar-refractivity contribution >= 4 is 5.97 Å². The van der Waals surface area contributed by atoms with E-state index in [2.05, 4.69) is 9.72 Å². The molecule has 0 aliphatic carbocycles. The van der Waals surface area contributed by atoms with E-state index in [0.717, 1.165) is 0 Å². The van der Waals surface area contributed by atoms with Crippen LogP contribution in [0.3, 0.4) is 0 Å². The Hall–Kier alpha value is -0.360. The Kier molecular flexibility index (Phi) is 6.00. The van der Waals surface area contributed by atoms with E-state index in [9.17, 15) is 4.79 Å². The van der Waals surface area contributed by atoms with Crippen LogP contribution in [-0.2, 0) is 16.1 Å². The van der Waals surface area contributed by atoms with Crippen molar-refractivity contribution in [3.63, 3.8) is 0 Å². The number of carbonyl (C=O) groups excluding carboxylic acids is 1. The SMILES string of the molecule is O=C(Cn1ccnc1)OCO.[H-].[Na+]. The summed E-state index contributed by atoms with van der Waals surface area (Å²) >= 11 is 0. The van der Waals surface area contributed by atoms with Gasteiger partial charge in [0.25, 0.3) is 0 Å². The Bertz CT molecular complexity index is 230. The summed E-state index contributed by atoms with van der Waals surface area (Å²) in [6.07, 6.45) is 4.70. The first-order chi connectivity index (χ1) is 5.33. The molecule has 0 amide bonds. The molecule has 0 radical (unpaired) electrons. The van der Waals surface area contributed by atoms with Crippen LogP contribution < -0.4 is 29.6 Å². The Morgan fingerprint density at radius 2 is 2.50 bits per heavy atom. The molecule has 0 aromatic carbocycles. The molecule has 12 heavy (non-hydrogen) atoms. The van der Waals surface area contributed by atoms with Gasteiger partial charge in [-0.1, -0.05) is 0 Å². The van der Waals surface area contributed by atoms with Crippen molar-refractivity contribution in [2.45, 2.75) is 6.54 Å². The van der Waals surface area contributed by atoms with Crippen LogP contribution in [0.2, 0.25) is 0 Å². The smallest absolute Gasteiger partial charge is 1.00 e.